The van der Waals surface area contributed by atoms with E-state index in [0.717, 1.165) is 22.2 Å². The molecule has 0 aliphatic carbocycles. The van der Waals surface area contributed by atoms with Crippen LogP contribution in [0.5, 0.6) is 0 Å². The van der Waals surface area contributed by atoms with Gasteiger partial charge in [0.25, 0.3) is 10.0 Å². The first-order chi connectivity index (χ1) is 9.80. The minimum absolute atomic E-state index is 0.161. The first-order valence-corrected chi connectivity index (χ1v) is 9.83. The fourth-order valence-electron chi connectivity index (χ4n) is 2.45. The summed E-state index contributed by atoms with van der Waals surface area (Å²) in [6.07, 6.45) is 2.26. The van der Waals surface area contributed by atoms with Crippen molar-refractivity contribution in [3.8, 4) is 0 Å². The molecule has 1 fully saturated rings. The normalized spacial score (nSPS) is 18.0. The molecule has 0 amide bonds. The SMILES string of the molecule is Cc1cc(S(=O)(=O)N2CCC(CCC(=O)O)CC2)sc1Br. The van der Waals surface area contributed by atoms with Crippen LogP contribution in [0.25, 0.3) is 0 Å². The monoisotopic (exact) mass is 395 g/mol. The molecule has 2 heterocycles. The predicted octanol–water partition coefficient (Wildman–Crippen LogP) is 3.08. The quantitative estimate of drug-likeness (QED) is 0.830. The number of aliphatic carboxylic acids is 1. The van der Waals surface area contributed by atoms with Crippen LogP contribution >= 0.6 is 27.3 Å². The number of carbonyl (C=O) groups is 1. The van der Waals surface area contributed by atoms with Crippen molar-refractivity contribution < 1.29 is 18.3 Å². The smallest absolute Gasteiger partial charge is 0.303 e. The molecule has 0 atom stereocenters. The second kappa shape index (κ2) is 6.76. The standard InChI is InChI=1S/C13H18BrNO4S2/c1-9-8-12(20-13(9)14)21(18,19)15-6-4-10(5-7-15)2-3-11(16)17/h8,10H,2-7H2,1H3,(H,16,17). The first-order valence-electron chi connectivity index (χ1n) is 6.78. The number of thiophene rings is 1. The fraction of sp³-hybridized carbons (Fsp3) is 0.615. The molecule has 1 N–H and O–H groups in total. The van der Waals surface area contributed by atoms with Crippen LogP contribution < -0.4 is 0 Å². The molecule has 5 nitrogen and oxygen atoms in total. The lowest BCUT2D eigenvalue weighted by atomic mass is 9.93. The van der Waals surface area contributed by atoms with Crippen LogP contribution in [0, 0.1) is 12.8 Å². The number of hydrogen-bond donors (Lipinski definition) is 1. The van der Waals surface area contributed by atoms with Gasteiger partial charge in [-0.1, -0.05) is 0 Å². The molecule has 8 heteroatoms. The molecule has 2 rings (SSSR count). The van der Waals surface area contributed by atoms with Gasteiger partial charge in [-0.15, -0.1) is 11.3 Å². The lowest BCUT2D eigenvalue weighted by molar-refractivity contribution is -0.137. The van der Waals surface area contributed by atoms with Crippen LogP contribution in [0.1, 0.15) is 31.2 Å². The number of carboxylic acid groups (broad SMARTS) is 1. The maximum Gasteiger partial charge on any atom is 0.303 e. The average Bonchev–Trinajstić information content (AvgIpc) is 2.77. The molecular weight excluding hydrogens is 378 g/mol. The van der Waals surface area contributed by atoms with E-state index in [9.17, 15) is 13.2 Å². The van der Waals surface area contributed by atoms with Gasteiger partial charge in [-0.25, -0.2) is 8.42 Å². The largest absolute Gasteiger partial charge is 0.481 e. The van der Waals surface area contributed by atoms with E-state index in [-0.39, 0.29) is 6.42 Å². The molecule has 0 radical (unpaired) electrons. The number of nitrogens with zero attached hydrogens (tertiary/aromatic N) is 1. The zero-order valence-corrected chi connectivity index (χ0v) is 14.9. The Balaban J connectivity index is 1.99. The number of sulfonamides is 1. The van der Waals surface area contributed by atoms with Crippen LogP contribution in [-0.2, 0) is 14.8 Å². The van der Waals surface area contributed by atoms with Gasteiger partial charge < -0.3 is 5.11 Å². The number of halogens is 1. The van der Waals surface area contributed by atoms with Gasteiger partial charge in [0.1, 0.15) is 4.21 Å². The average molecular weight is 396 g/mol. The lowest BCUT2D eigenvalue weighted by Gasteiger charge is -2.30. The molecule has 0 unspecified atom stereocenters. The van der Waals surface area contributed by atoms with Crippen LogP contribution in [0.4, 0.5) is 0 Å². The van der Waals surface area contributed by atoms with Gasteiger partial charge in [-0.3, -0.25) is 4.79 Å². The molecule has 0 aromatic carbocycles. The van der Waals surface area contributed by atoms with Crippen molar-refractivity contribution in [1.82, 2.24) is 4.31 Å². The van der Waals surface area contributed by atoms with Crippen molar-refractivity contribution in [2.45, 2.75) is 36.8 Å². The third kappa shape index (κ3) is 4.06. The zero-order chi connectivity index (χ0) is 15.6. The van der Waals surface area contributed by atoms with Gasteiger partial charge in [-0.05, 0) is 59.7 Å². The first kappa shape index (κ1) is 16.9. The Bertz CT molecular complexity index is 599. The van der Waals surface area contributed by atoms with Gasteiger partial charge in [0, 0.05) is 19.5 Å². The van der Waals surface area contributed by atoms with Crippen molar-refractivity contribution in [3.05, 3.63) is 15.4 Å². The molecule has 1 aromatic heterocycles. The second-order valence-electron chi connectivity index (χ2n) is 5.30. The minimum Gasteiger partial charge on any atom is -0.481 e. The Morgan fingerprint density at radius 2 is 2.10 bits per heavy atom. The summed E-state index contributed by atoms with van der Waals surface area (Å²) in [6, 6.07) is 1.70. The molecule has 1 aromatic rings. The third-order valence-electron chi connectivity index (χ3n) is 3.77. The number of rotatable bonds is 5. The van der Waals surface area contributed by atoms with Gasteiger partial charge in [0.15, 0.2) is 0 Å². The van der Waals surface area contributed by atoms with E-state index in [1.165, 1.54) is 15.6 Å². The molecule has 0 saturated carbocycles. The van der Waals surface area contributed by atoms with Crippen molar-refractivity contribution in [1.29, 1.82) is 0 Å². The summed E-state index contributed by atoms with van der Waals surface area (Å²) in [5.74, 6) is -0.478. The molecule has 1 aliphatic heterocycles. The van der Waals surface area contributed by atoms with Gasteiger partial charge in [0.2, 0.25) is 0 Å². The van der Waals surface area contributed by atoms with Crippen LogP contribution in [0.15, 0.2) is 14.1 Å². The third-order valence-corrected chi connectivity index (χ3v) is 8.25. The number of hydrogen-bond acceptors (Lipinski definition) is 4. The Hall–Kier alpha value is -0.440. The van der Waals surface area contributed by atoms with E-state index in [0.29, 0.717) is 29.6 Å². The number of piperidine rings is 1. The molecule has 0 bridgehead atoms. The molecule has 21 heavy (non-hydrogen) atoms. The summed E-state index contributed by atoms with van der Waals surface area (Å²) in [5.41, 5.74) is 0.926. The van der Waals surface area contributed by atoms with Crippen molar-refractivity contribution in [2.75, 3.05) is 13.1 Å². The topological polar surface area (TPSA) is 74.7 Å². The highest BCUT2D eigenvalue weighted by Gasteiger charge is 2.30. The second-order valence-corrected chi connectivity index (χ2v) is 9.84. The Morgan fingerprint density at radius 1 is 1.48 bits per heavy atom. The van der Waals surface area contributed by atoms with E-state index < -0.39 is 16.0 Å². The van der Waals surface area contributed by atoms with Crippen molar-refractivity contribution in [3.63, 3.8) is 0 Å². The van der Waals surface area contributed by atoms with E-state index >= 15 is 0 Å². The van der Waals surface area contributed by atoms with E-state index in [2.05, 4.69) is 15.9 Å². The number of carboxylic acids is 1. The summed E-state index contributed by atoms with van der Waals surface area (Å²) in [4.78, 5) is 10.6. The van der Waals surface area contributed by atoms with E-state index in [1.807, 2.05) is 6.92 Å². The highest BCUT2D eigenvalue weighted by Crippen LogP contribution is 2.34. The highest BCUT2D eigenvalue weighted by atomic mass is 79.9. The summed E-state index contributed by atoms with van der Waals surface area (Å²) in [7, 11) is -3.41. The highest BCUT2D eigenvalue weighted by molar-refractivity contribution is 9.11. The maximum atomic E-state index is 12.5. The summed E-state index contributed by atoms with van der Waals surface area (Å²) in [5, 5.41) is 8.69. The maximum absolute atomic E-state index is 12.5. The van der Waals surface area contributed by atoms with Crippen molar-refractivity contribution >= 4 is 43.3 Å². The van der Waals surface area contributed by atoms with Crippen LogP contribution in [-0.4, -0.2) is 36.9 Å². The van der Waals surface area contributed by atoms with Crippen molar-refractivity contribution in [2.24, 2.45) is 5.92 Å². The molecule has 0 spiro atoms. The molecule has 1 saturated heterocycles. The van der Waals surface area contributed by atoms with Crippen LogP contribution in [0.2, 0.25) is 0 Å². The Labute approximate surface area is 137 Å². The molecule has 118 valence electrons. The van der Waals surface area contributed by atoms with E-state index in [4.69, 9.17) is 5.11 Å². The van der Waals surface area contributed by atoms with Gasteiger partial charge in [0.05, 0.1) is 3.79 Å². The van der Waals surface area contributed by atoms with Gasteiger partial charge in [-0.2, -0.15) is 4.31 Å². The zero-order valence-electron chi connectivity index (χ0n) is 11.7. The molecular formula is C13H18BrNO4S2. The molecule has 1 aliphatic rings. The summed E-state index contributed by atoms with van der Waals surface area (Å²) in [6.45, 7) is 2.82. The van der Waals surface area contributed by atoms with Crippen LogP contribution in [0.3, 0.4) is 0 Å². The van der Waals surface area contributed by atoms with E-state index in [1.54, 1.807) is 6.07 Å². The number of aryl methyl sites for hydroxylation is 1. The van der Waals surface area contributed by atoms with Gasteiger partial charge >= 0.3 is 5.97 Å². The fourth-order valence-corrected chi connectivity index (χ4v) is 6.30. The Morgan fingerprint density at radius 3 is 2.57 bits per heavy atom. The minimum atomic E-state index is -3.41. The summed E-state index contributed by atoms with van der Waals surface area (Å²) >= 11 is 4.60. The predicted molar refractivity (Wildman–Crippen MR) is 85.1 cm³/mol. The lowest BCUT2D eigenvalue weighted by Crippen LogP contribution is -2.38. The summed E-state index contributed by atoms with van der Waals surface area (Å²) < 4.78 is 27.8. The Kier molecular flexibility index (Phi) is 5.45.